The highest BCUT2D eigenvalue weighted by molar-refractivity contribution is 6.08. The minimum Gasteiger partial charge on any atom is -0.497 e. The maximum atomic E-state index is 12.3. The van der Waals surface area contributed by atoms with Crippen molar-refractivity contribution in [1.29, 1.82) is 0 Å². The summed E-state index contributed by atoms with van der Waals surface area (Å²) >= 11 is 0. The van der Waals surface area contributed by atoms with Crippen LogP contribution in [0.5, 0.6) is 11.6 Å². The molecule has 0 bridgehead atoms. The molecule has 0 radical (unpaired) electrons. The minimum absolute atomic E-state index is 0.223. The van der Waals surface area contributed by atoms with E-state index in [4.69, 9.17) is 4.74 Å². The van der Waals surface area contributed by atoms with Gasteiger partial charge in [0, 0.05) is 6.54 Å². The van der Waals surface area contributed by atoms with Crippen LogP contribution in [-0.2, 0) is 6.54 Å². The predicted molar refractivity (Wildman–Crippen MR) is 94.3 cm³/mol. The van der Waals surface area contributed by atoms with E-state index < -0.39 is 28.5 Å². The van der Waals surface area contributed by atoms with Gasteiger partial charge in [0.15, 0.2) is 5.78 Å². The maximum absolute atomic E-state index is 12.3. The molecule has 0 aliphatic rings. The molecule has 0 saturated carbocycles. The Morgan fingerprint density at radius 3 is 2.56 bits per heavy atom. The first-order valence-corrected chi connectivity index (χ1v) is 7.90. The van der Waals surface area contributed by atoms with E-state index in [2.05, 4.69) is 4.98 Å². The van der Waals surface area contributed by atoms with Gasteiger partial charge in [0.05, 0.1) is 7.11 Å². The number of methoxy groups -OCH3 is 1. The maximum Gasteiger partial charge on any atom is 0.331 e. The zero-order chi connectivity index (χ0) is 18.4. The molecule has 0 aliphatic carbocycles. The largest absolute Gasteiger partial charge is 0.497 e. The van der Waals surface area contributed by atoms with Crippen molar-refractivity contribution < 1.29 is 14.6 Å². The highest BCUT2D eigenvalue weighted by atomic mass is 16.5. The van der Waals surface area contributed by atoms with Crippen molar-refractivity contribution in [2.24, 2.45) is 0 Å². The SMILES string of the molecule is CCCCn1c(O)c(C(=O)C=Cc2ccc(OC)cc2)c(=O)[nH]c1=O. The third-order valence-corrected chi connectivity index (χ3v) is 3.70. The number of carbonyl (C=O) groups is 1. The summed E-state index contributed by atoms with van der Waals surface area (Å²) in [5.41, 5.74) is -1.35. The highest BCUT2D eigenvalue weighted by Crippen LogP contribution is 2.15. The lowest BCUT2D eigenvalue weighted by Crippen LogP contribution is -2.33. The van der Waals surface area contributed by atoms with E-state index in [1.54, 1.807) is 31.4 Å². The number of benzene rings is 1. The van der Waals surface area contributed by atoms with Crippen molar-refractivity contribution in [3.8, 4) is 11.6 Å². The van der Waals surface area contributed by atoms with E-state index in [-0.39, 0.29) is 6.54 Å². The molecule has 0 aliphatic heterocycles. The number of allylic oxidation sites excluding steroid dienone is 1. The minimum atomic E-state index is -0.903. The Morgan fingerprint density at radius 2 is 1.96 bits per heavy atom. The van der Waals surface area contributed by atoms with Crippen molar-refractivity contribution in [1.82, 2.24) is 9.55 Å². The van der Waals surface area contributed by atoms with Gasteiger partial charge >= 0.3 is 5.69 Å². The number of aromatic amines is 1. The Morgan fingerprint density at radius 1 is 1.28 bits per heavy atom. The van der Waals surface area contributed by atoms with Gasteiger partial charge in [0.2, 0.25) is 5.88 Å². The Labute approximate surface area is 144 Å². The average Bonchev–Trinajstić information content (AvgIpc) is 2.60. The molecular weight excluding hydrogens is 324 g/mol. The fourth-order valence-electron chi connectivity index (χ4n) is 2.28. The van der Waals surface area contributed by atoms with Gasteiger partial charge in [0.25, 0.3) is 5.56 Å². The highest BCUT2D eigenvalue weighted by Gasteiger charge is 2.18. The van der Waals surface area contributed by atoms with Crippen LogP contribution in [0.2, 0.25) is 0 Å². The molecule has 7 heteroatoms. The van der Waals surface area contributed by atoms with Crippen LogP contribution in [0, 0.1) is 0 Å². The first kappa shape index (κ1) is 18.3. The van der Waals surface area contributed by atoms with Crippen molar-refractivity contribution >= 4 is 11.9 Å². The van der Waals surface area contributed by atoms with Crippen LogP contribution in [0.3, 0.4) is 0 Å². The number of nitrogens with zero attached hydrogens (tertiary/aromatic N) is 1. The summed E-state index contributed by atoms with van der Waals surface area (Å²) in [5, 5.41) is 10.2. The Hall–Kier alpha value is -3.09. The molecule has 0 atom stereocenters. The van der Waals surface area contributed by atoms with Crippen LogP contribution in [0.15, 0.2) is 39.9 Å². The fourth-order valence-corrected chi connectivity index (χ4v) is 2.28. The lowest BCUT2D eigenvalue weighted by Gasteiger charge is -2.09. The lowest BCUT2D eigenvalue weighted by molar-refractivity contribution is 0.104. The number of hydrogen-bond donors (Lipinski definition) is 2. The Kier molecular flexibility index (Phi) is 5.94. The molecule has 0 unspecified atom stereocenters. The second-order valence-electron chi connectivity index (χ2n) is 5.43. The zero-order valence-corrected chi connectivity index (χ0v) is 14.1. The van der Waals surface area contributed by atoms with Crippen molar-refractivity contribution in [2.75, 3.05) is 7.11 Å². The van der Waals surface area contributed by atoms with E-state index in [0.29, 0.717) is 12.2 Å². The smallest absolute Gasteiger partial charge is 0.331 e. The summed E-state index contributed by atoms with van der Waals surface area (Å²) in [5.74, 6) is -0.605. The summed E-state index contributed by atoms with van der Waals surface area (Å²) < 4.78 is 6.05. The Bertz CT molecular complexity index is 891. The quantitative estimate of drug-likeness (QED) is 0.590. The fraction of sp³-hybridized carbons (Fsp3) is 0.278. The standard InChI is InChI=1S/C18H20N2O5/c1-3-4-11-20-17(23)15(16(22)19-18(20)24)14(21)10-7-12-5-8-13(25-2)9-6-12/h5-10,23H,3-4,11H2,1-2H3,(H,19,22,24). The van der Waals surface area contributed by atoms with E-state index >= 15 is 0 Å². The van der Waals surface area contributed by atoms with Gasteiger partial charge in [-0.15, -0.1) is 0 Å². The molecule has 0 fully saturated rings. The zero-order valence-electron chi connectivity index (χ0n) is 14.1. The summed E-state index contributed by atoms with van der Waals surface area (Å²) in [7, 11) is 1.55. The Balaban J connectivity index is 2.33. The van der Waals surface area contributed by atoms with E-state index in [1.807, 2.05) is 6.92 Å². The first-order valence-electron chi connectivity index (χ1n) is 7.90. The van der Waals surface area contributed by atoms with Gasteiger partial charge in [-0.1, -0.05) is 31.6 Å². The number of aromatic nitrogens is 2. The van der Waals surface area contributed by atoms with Crippen molar-refractivity contribution in [2.45, 2.75) is 26.3 Å². The molecule has 0 saturated heterocycles. The summed E-state index contributed by atoms with van der Waals surface area (Å²) in [6, 6.07) is 6.96. The van der Waals surface area contributed by atoms with Gasteiger partial charge in [-0.2, -0.15) is 0 Å². The molecule has 2 N–H and O–H groups in total. The summed E-state index contributed by atoms with van der Waals surface area (Å²) in [4.78, 5) is 38.1. The van der Waals surface area contributed by atoms with Gasteiger partial charge in [-0.25, -0.2) is 4.79 Å². The molecule has 1 aromatic carbocycles. The monoisotopic (exact) mass is 344 g/mol. The molecule has 0 amide bonds. The molecular formula is C18H20N2O5. The molecule has 7 nitrogen and oxygen atoms in total. The third kappa shape index (κ3) is 4.26. The van der Waals surface area contributed by atoms with Crippen molar-refractivity contribution in [3.05, 3.63) is 62.3 Å². The first-order chi connectivity index (χ1) is 12.0. The molecule has 0 spiro atoms. The van der Waals surface area contributed by atoms with Crippen LogP contribution in [0.25, 0.3) is 6.08 Å². The molecule has 2 rings (SSSR count). The summed E-state index contributed by atoms with van der Waals surface area (Å²) in [6.07, 6.45) is 4.13. The number of unbranched alkanes of at least 4 members (excludes halogenated alkanes) is 1. The van der Waals surface area contributed by atoms with E-state index in [9.17, 15) is 19.5 Å². The van der Waals surface area contributed by atoms with Gasteiger partial charge in [0.1, 0.15) is 11.3 Å². The summed E-state index contributed by atoms with van der Waals surface area (Å²) in [6.45, 7) is 2.15. The van der Waals surface area contributed by atoms with Crippen molar-refractivity contribution in [3.63, 3.8) is 0 Å². The van der Waals surface area contributed by atoms with Gasteiger partial charge in [-0.05, 0) is 30.2 Å². The molecule has 2 aromatic rings. The third-order valence-electron chi connectivity index (χ3n) is 3.70. The topological polar surface area (TPSA) is 101 Å². The second kappa shape index (κ2) is 8.14. The predicted octanol–water partition coefficient (Wildman–Crippen LogP) is 1.95. The average molecular weight is 344 g/mol. The van der Waals surface area contributed by atoms with Gasteiger partial charge in [-0.3, -0.25) is 19.1 Å². The number of rotatable bonds is 7. The number of nitrogens with one attached hydrogen (secondary N) is 1. The lowest BCUT2D eigenvalue weighted by atomic mass is 10.1. The number of ether oxygens (including phenoxy) is 1. The number of hydrogen-bond acceptors (Lipinski definition) is 5. The number of carbonyl (C=O) groups excluding carboxylic acids is 1. The molecule has 132 valence electrons. The number of aromatic hydroxyl groups is 1. The van der Waals surface area contributed by atoms with E-state index in [1.165, 1.54) is 12.2 Å². The van der Waals surface area contributed by atoms with Crippen LogP contribution in [-0.4, -0.2) is 27.6 Å². The molecule has 1 aromatic heterocycles. The normalized spacial score (nSPS) is 11.0. The second-order valence-corrected chi connectivity index (χ2v) is 5.43. The van der Waals surface area contributed by atoms with Crippen LogP contribution in [0.1, 0.15) is 35.7 Å². The molecule has 25 heavy (non-hydrogen) atoms. The number of ketones is 1. The van der Waals surface area contributed by atoms with Gasteiger partial charge < -0.3 is 9.84 Å². The number of H-pyrrole nitrogens is 1. The van der Waals surface area contributed by atoms with Crippen LogP contribution >= 0.6 is 0 Å². The van der Waals surface area contributed by atoms with E-state index in [0.717, 1.165) is 16.6 Å². The van der Waals surface area contributed by atoms with Crippen LogP contribution in [0.4, 0.5) is 0 Å². The molecule has 1 heterocycles. The van der Waals surface area contributed by atoms with Crippen LogP contribution < -0.4 is 16.0 Å².